The average Bonchev–Trinajstić information content (AvgIpc) is 3.25. The molecule has 110 valence electrons. The summed E-state index contributed by atoms with van der Waals surface area (Å²) in [6, 6.07) is 11.1. The maximum atomic E-state index is 12.0. The van der Waals surface area contributed by atoms with E-state index >= 15 is 0 Å². The van der Waals surface area contributed by atoms with Gasteiger partial charge in [-0.15, -0.1) is 0 Å². The zero-order chi connectivity index (χ0) is 14.9. The van der Waals surface area contributed by atoms with E-state index in [4.69, 9.17) is 4.42 Å². The van der Waals surface area contributed by atoms with Crippen LogP contribution in [0.5, 0.6) is 0 Å². The number of nitrogens with one attached hydrogen (secondary N) is 1. The van der Waals surface area contributed by atoms with Crippen molar-refractivity contribution in [2.45, 2.75) is 19.4 Å². The smallest absolute Gasteiger partial charge is 0.291 e. The van der Waals surface area contributed by atoms with Gasteiger partial charge in [0.15, 0.2) is 5.76 Å². The first-order valence-electron chi connectivity index (χ1n) is 7.31. The Morgan fingerprint density at radius 2 is 2.23 bits per heavy atom. The zero-order valence-corrected chi connectivity index (χ0v) is 12.0. The number of benzene rings is 1. The van der Waals surface area contributed by atoms with Crippen LogP contribution < -0.4 is 5.32 Å². The fourth-order valence-electron chi connectivity index (χ4n) is 2.85. The highest BCUT2D eigenvalue weighted by Crippen LogP contribution is 2.27. The predicted octanol–water partition coefficient (Wildman–Crippen LogP) is 3.34. The van der Waals surface area contributed by atoms with E-state index in [2.05, 4.69) is 14.9 Å². The monoisotopic (exact) mass is 293 g/mol. The second-order valence-electron chi connectivity index (χ2n) is 5.33. The quantitative estimate of drug-likeness (QED) is 0.805. The number of aromatic nitrogens is 2. The number of furan rings is 1. The normalized spacial score (nSPS) is 13.1. The predicted molar refractivity (Wildman–Crippen MR) is 82.6 cm³/mol. The summed E-state index contributed by atoms with van der Waals surface area (Å²) in [6.07, 6.45) is 5.57. The fourth-order valence-corrected chi connectivity index (χ4v) is 2.85. The summed E-state index contributed by atoms with van der Waals surface area (Å²) in [6.45, 7) is 1.01. The molecule has 5 nitrogen and oxygen atoms in total. The minimum Gasteiger partial charge on any atom is -0.459 e. The number of hydrogen-bond acceptors (Lipinski definition) is 3. The average molecular weight is 293 g/mol. The number of fused-ring (bicyclic) bond motifs is 1. The molecule has 0 atom stereocenters. The van der Waals surface area contributed by atoms with Crippen LogP contribution >= 0.6 is 0 Å². The third-order valence-electron chi connectivity index (χ3n) is 3.88. The molecule has 0 saturated heterocycles. The number of hydrogen-bond donors (Lipinski definition) is 1. The van der Waals surface area contributed by atoms with Crippen LogP contribution in [-0.4, -0.2) is 15.5 Å². The Morgan fingerprint density at radius 3 is 3.09 bits per heavy atom. The number of nitrogens with zero attached hydrogens (tertiary/aromatic N) is 2. The molecule has 0 bridgehead atoms. The largest absolute Gasteiger partial charge is 0.459 e. The van der Waals surface area contributed by atoms with Crippen LogP contribution in [0.3, 0.4) is 0 Å². The summed E-state index contributed by atoms with van der Waals surface area (Å²) in [4.78, 5) is 16.5. The molecular weight excluding hydrogens is 278 g/mol. The lowest BCUT2D eigenvalue weighted by Gasteiger charge is -2.08. The molecular formula is C17H15N3O2. The van der Waals surface area contributed by atoms with Gasteiger partial charge in [-0.05, 0) is 30.7 Å². The van der Waals surface area contributed by atoms with Crippen LogP contribution in [0.1, 0.15) is 22.8 Å². The van der Waals surface area contributed by atoms with Gasteiger partial charge in [-0.25, -0.2) is 4.98 Å². The van der Waals surface area contributed by atoms with Gasteiger partial charge in [0, 0.05) is 24.2 Å². The van der Waals surface area contributed by atoms with Crippen molar-refractivity contribution in [1.82, 2.24) is 9.55 Å². The standard InChI is InChI=1S/C17H15N3O2/c21-17(15-6-3-9-22-15)19-13-5-1-4-12(10-13)14-11-18-16-7-2-8-20(14)16/h1,3-6,9-11H,2,7-8H2,(H,19,21). The maximum absolute atomic E-state index is 12.0. The number of amides is 1. The Hall–Kier alpha value is -2.82. The molecule has 1 aliphatic heterocycles. The molecule has 0 fully saturated rings. The molecule has 5 heteroatoms. The first-order valence-corrected chi connectivity index (χ1v) is 7.31. The first kappa shape index (κ1) is 12.9. The third kappa shape index (κ3) is 2.20. The van der Waals surface area contributed by atoms with Crippen molar-refractivity contribution in [3.8, 4) is 11.3 Å². The summed E-state index contributed by atoms with van der Waals surface area (Å²) in [7, 11) is 0. The molecule has 3 heterocycles. The van der Waals surface area contributed by atoms with Crippen LogP contribution in [0.25, 0.3) is 11.3 Å². The lowest BCUT2D eigenvalue weighted by Crippen LogP contribution is -2.10. The van der Waals surface area contributed by atoms with Crippen molar-refractivity contribution in [3.05, 3.63) is 60.4 Å². The van der Waals surface area contributed by atoms with Crippen molar-refractivity contribution < 1.29 is 9.21 Å². The molecule has 1 aromatic carbocycles. The second-order valence-corrected chi connectivity index (χ2v) is 5.33. The Labute approximate surface area is 127 Å². The summed E-state index contributed by atoms with van der Waals surface area (Å²) in [5.41, 5.74) is 2.90. The summed E-state index contributed by atoms with van der Waals surface area (Å²) < 4.78 is 7.35. The molecule has 0 aliphatic carbocycles. The summed E-state index contributed by atoms with van der Waals surface area (Å²) in [5, 5.41) is 2.85. The fraction of sp³-hybridized carbons (Fsp3) is 0.176. The highest BCUT2D eigenvalue weighted by molar-refractivity contribution is 6.02. The van der Waals surface area contributed by atoms with Crippen LogP contribution in [0.15, 0.2) is 53.3 Å². The number of imidazole rings is 1. The van der Waals surface area contributed by atoms with Gasteiger partial charge >= 0.3 is 0 Å². The van der Waals surface area contributed by atoms with Gasteiger partial charge in [-0.1, -0.05) is 12.1 Å². The Balaban J connectivity index is 1.62. The van der Waals surface area contributed by atoms with Crippen molar-refractivity contribution in [2.75, 3.05) is 5.32 Å². The summed E-state index contributed by atoms with van der Waals surface area (Å²) in [5.74, 6) is 1.19. The van der Waals surface area contributed by atoms with E-state index < -0.39 is 0 Å². The van der Waals surface area contributed by atoms with Gasteiger partial charge in [0.25, 0.3) is 5.91 Å². The highest BCUT2D eigenvalue weighted by Gasteiger charge is 2.17. The van der Waals surface area contributed by atoms with Gasteiger partial charge in [-0.2, -0.15) is 0 Å². The van der Waals surface area contributed by atoms with Crippen molar-refractivity contribution in [1.29, 1.82) is 0 Å². The van der Waals surface area contributed by atoms with E-state index in [1.165, 1.54) is 6.26 Å². The lowest BCUT2D eigenvalue weighted by atomic mass is 10.1. The third-order valence-corrected chi connectivity index (χ3v) is 3.88. The van der Waals surface area contributed by atoms with Crippen LogP contribution in [-0.2, 0) is 13.0 Å². The van der Waals surface area contributed by atoms with E-state index in [1.807, 2.05) is 30.5 Å². The Morgan fingerprint density at radius 1 is 1.27 bits per heavy atom. The van der Waals surface area contributed by atoms with Gasteiger partial charge in [0.1, 0.15) is 5.82 Å². The van der Waals surface area contributed by atoms with Crippen LogP contribution in [0.4, 0.5) is 5.69 Å². The summed E-state index contributed by atoms with van der Waals surface area (Å²) >= 11 is 0. The molecule has 2 aromatic heterocycles. The molecule has 1 N–H and O–H groups in total. The van der Waals surface area contributed by atoms with Crippen molar-refractivity contribution in [2.24, 2.45) is 0 Å². The molecule has 22 heavy (non-hydrogen) atoms. The molecule has 1 amide bonds. The Bertz CT molecular complexity index is 818. The number of aryl methyl sites for hydroxylation is 1. The van der Waals surface area contributed by atoms with Crippen molar-refractivity contribution in [3.63, 3.8) is 0 Å². The van der Waals surface area contributed by atoms with Crippen molar-refractivity contribution >= 4 is 11.6 Å². The molecule has 1 aliphatic rings. The molecule has 3 aromatic rings. The van der Waals surface area contributed by atoms with Crippen LogP contribution in [0.2, 0.25) is 0 Å². The molecule has 0 spiro atoms. The van der Waals surface area contributed by atoms with E-state index in [9.17, 15) is 4.79 Å². The van der Waals surface area contributed by atoms with E-state index in [0.717, 1.165) is 42.2 Å². The maximum Gasteiger partial charge on any atom is 0.291 e. The molecule has 0 saturated carbocycles. The van der Waals surface area contributed by atoms with E-state index in [1.54, 1.807) is 12.1 Å². The van der Waals surface area contributed by atoms with E-state index in [-0.39, 0.29) is 5.91 Å². The van der Waals surface area contributed by atoms with Gasteiger partial charge in [-0.3, -0.25) is 4.79 Å². The number of carbonyl (C=O) groups excluding carboxylic acids is 1. The van der Waals surface area contributed by atoms with E-state index in [0.29, 0.717) is 5.76 Å². The number of anilines is 1. The minimum atomic E-state index is -0.249. The molecule has 0 radical (unpaired) electrons. The van der Waals surface area contributed by atoms with Crippen LogP contribution in [0, 0.1) is 0 Å². The second kappa shape index (κ2) is 5.18. The highest BCUT2D eigenvalue weighted by atomic mass is 16.3. The van der Waals surface area contributed by atoms with Gasteiger partial charge in [0.2, 0.25) is 0 Å². The topological polar surface area (TPSA) is 60.1 Å². The SMILES string of the molecule is O=C(Nc1cccc(-c2cnc3n2CCC3)c1)c1ccco1. The van der Waals surface area contributed by atoms with Gasteiger partial charge < -0.3 is 14.3 Å². The van der Waals surface area contributed by atoms with Gasteiger partial charge in [0.05, 0.1) is 18.2 Å². The Kier molecular flexibility index (Phi) is 3.04. The zero-order valence-electron chi connectivity index (χ0n) is 12.0. The number of carbonyl (C=O) groups is 1. The lowest BCUT2D eigenvalue weighted by molar-refractivity contribution is 0.0996. The molecule has 0 unspecified atom stereocenters. The number of rotatable bonds is 3. The minimum absolute atomic E-state index is 0.249. The first-order chi connectivity index (χ1) is 10.8. The molecule has 4 rings (SSSR count).